The van der Waals surface area contributed by atoms with Gasteiger partial charge in [0.1, 0.15) is 0 Å². The normalized spacial score (nSPS) is 12.2. The van der Waals surface area contributed by atoms with Crippen LogP contribution in [0.2, 0.25) is 0 Å². The molecule has 0 N–H and O–H groups in total. The molecule has 0 aliphatic rings. The average Bonchev–Trinajstić information content (AvgIpc) is 1.92. The van der Waals surface area contributed by atoms with Gasteiger partial charge in [0.2, 0.25) is 0 Å². The van der Waals surface area contributed by atoms with E-state index in [9.17, 15) is 57.4 Å². The van der Waals surface area contributed by atoms with E-state index >= 15 is 0 Å². The van der Waals surface area contributed by atoms with Gasteiger partial charge in [0, 0.05) is 5.66 Å². The van der Waals surface area contributed by atoms with Crippen molar-refractivity contribution in [1.29, 1.82) is 0 Å². The van der Waals surface area contributed by atoms with Crippen LogP contribution in [0.5, 0.6) is 0 Å². The van der Waals surface area contributed by atoms with Gasteiger partial charge in [-0.15, -0.1) is 0 Å². The van der Waals surface area contributed by atoms with E-state index in [1.807, 2.05) is 0 Å². The van der Waals surface area contributed by atoms with Crippen LogP contribution in [0.15, 0.2) is 0 Å². The summed E-state index contributed by atoms with van der Waals surface area (Å²) in [5.41, 5.74) is -3.58. The predicted octanol–water partition coefficient (Wildman–Crippen LogP) is -30.3. The van der Waals surface area contributed by atoms with Crippen molar-refractivity contribution < 1.29 is 294 Å². The fraction of sp³-hybridized carbons (Fsp3) is 1.00. The minimum Gasteiger partial charge on any atom is -0.810 e. The second-order valence-electron chi connectivity index (χ2n) is 3.40. The molecule has 0 rings (SSSR count). The summed E-state index contributed by atoms with van der Waals surface area (Å²) in [4.78, 5) is 85.8. The molecular formula is C3H4Na8O12P4. The van der Waals surface area contributed by atoms with Crippen molar-refractivity contribution in [3.63, 3.8) is 0 Å². The fourth-order valence-electron chi connectivity index (χ4n) is 1.35. The van der Waals surface area contributed by atoms with Gasteiger partial charge in [-0.05, 0) is 0 Å². The minimum atomic E-state index is -7.15. The summed E-state index contributed by atoms with van der Waals surface area (Å²) in [6, 6.07) is 0. The van der Waals surface area contributed by atoms with E-state index in [0.717, 1.165) is 0 Å². The van der Waals surface area contributed by atoms with Crippen LogP contribution >= 0.6 is 30.4 Å². The van der Waals surface area contributed by atoms with Gasteiger partial charge in [-0.1, -0.05) is 37.3 Å². The van der Waals surface area contributed by atoms with Crippen LogP contribution in [-0.4, -0.2) is 10.3 Å². The zero-order chi connectivity index (χ0) is 16.1. The van der Waals surface area contributed by atoms with Crippen molar-refractivity contribution in [3.8, 4) is 0 Å². The first-order chi connectivity index (χ1) is 7.90. The molecule has 0 heterocycles. The van der Waals surface area contributed by atoms with Gasteiger partial charge < -0.3 is 57.4 Å². The summed E-state index contributed by atoms with van der Waals surface area (Å²) in [6.07, 6.45) is 0. The maximum Gasteiger partial charge on any atom is 1.00 e. The third kappa shape index (κ3) is 16.2. The van der Waals surface area contributed by atoms with E-state index in [4.69, 9.17) is 0 Å². The molecule has 1 unspecified atom stereocenters. The third-order valence-corrected chi connectivity index (χ3v) is 12.2. The summed E-state index contributed by atoms with van der Waals surface area (Å²) in [5, 5.41) is 0. The standard InChI is InChI=1S/C3H12O12P4.8Na/c1-2(16(4,5)6)3(17(7,8)9,18(10,11)12)19(13,14)15;;;;;;;;/h2H,1H3,(H2,4,5,6)(H2,7,8,9)(H2,10,11,12)(H2,13,14,15);;;;;;;;/q;8*+1/p-8. The Hall–Kier alpha value is 8.60. The second-order valence-corrected chi connectivity index (χ2v) is 11.4. The van der Waals surface area contributed by atoms with Gasteiger partial charge in [-0.2, -0.15) is 0 Å². The molecule has 1 atom stereocenters. The zero-order valence-electron chi connectivity index (χ0n) is 16.8. The molecule has 116 valence electrons. The Morgan fingerprint density at radius 1 is 0.519 bits per heavy atom. The quantitative estimate of drug-likeness (QED) is 0.233. The molecular weight excluding hydrogens is 536 g/mol. The largest absolute Gasteiger partial charge is 1.00 e. The second kappa shape index (κ2) is 22.6. The van der Waals surface area contributed by atoms with Crippen LogP contribution in [0.25, 0.3) is 0 Å². The molecule has 0 aliphatic heterocycles. The molecule has 0 bridgehead atoms. The van der Waals surface area contributed by atoms with Crippen molar-refractivity contribution in [2.75, 3.05) is 0 Å². The molecule has 27 heavy (non-hydrogen) atoms. The van der Waals surface area contributed by atoms with Gasteiger partial charge in [-0.3, -0.25) is 0 Å². The van der Waals surface area contributed by atoms with Crippen molar-refractivity contribution in [3.05, 3.63) is 0 Å². The Balaban J connectivity index is -0.0000000579. The molecule has 0 saturated carbocycles. The summed E-state index contributed by atoms with van der Waals surface area (Å²) in [6.45, 7) is -0.131. The average molecular weight is 540 g/mol. The van der Waals surface area contributed by atoms with Crippen molar-refractivity contribution in [1.82, 2.24) is 0 Å². The fourth-order valence-corrected chi connectivity index (χ4v) is 9.29. The number of hydrogen-bond donors (Lipinski definition) is 0. The number of hydrogen-bond acceptors (Lipinski definition) is 12. The summed E-state index contributed by atoms with van der Waals surface area (Å²) < 4.78 is 37.6. The minimum absolute atomic E-state index is 0. The van der Waals surface area contributed by atoms with Gasteiger partial charge >= 0.3 is 236 Å². The first-order valence-corrected chi connectivity index (χ1v) is 10.2. The maximum atomic E-state index is 10.8. The Bertz CT molecular complexity index is 494. The van der Waals surface area contributed by atoms with Gasteiger partial charge in [0.05, 0.1) is 4.64 Å². The van der Waals surface area contributed by atoms with E-state index < -0.39 is 40.7 Å². The zero-order valence-corrected chi connectivity index (χ0v) is 36.3. The van der Waals surface area contributed by atoms with Gasteiger partial charge in [0.25, 0.3) is 0 Å². The van der Waals surface area contributed by atoms with Crippen LogP contribution in [-0.2, 0) is 18.3 Å². The molecule has 12 nitrogen and oxygen atoms in total. The topological polar surface area (TPSA) is 253 Å². The summed E-state index contributed by atoms with van der Waals surface area (Å²) in [5.74, 6) is 0. The summed E-state index contributed by atoms with van der Waals surface area (Å²) in [7, 11) is -27.8. The first kappa shape index (κ1) is 60.2. The SMILES string of the molecule is CC(C(P(=O)([O-])[O-])(P(=O)([O-])[O-])P(=O)([O-])[O-])P(=O)([O-])[O-].[Na+].[Na+].[Na+].[Na+].[Na+].[Na+].[Na+].[Na+]. The monoisotopic (exact) mass is 540 g/mol. The smallest absolute Gasteiger partial charge is 0.810 e. The van der Waals surface area contributed by atoms with E-state index in [1.165, 1.54) is 0 Å². The molecule has 0 aromatic carbocycles. The van der Waals surface area contributed by atoms with Gasteiger partial charge in [0.15, 0.2) is 0 Å². The molecule has 0 radical (unpaired) electrons. The van der Waals surface area contributed by atoms with Crippen LogP contribution in [0.3, 0.4) is 0 Å². The summed E-state index contributed by atoms with van der Waals surface area (Å²) >= 11 is 0. The van der Waals surface area contributed by atoms with Crippen molar-refractivity contribution in [2.24, 2.45) is 0 Å². The molecule has 24 heteroatoms. The van der Waals surface area contributed by atoms with Crippen LogP contribution in [0.1, 0.15) is 6.92 Å². The maximum absolute atomic E-state index is 10.8. The van der Waals surface area contributed by atoms with Crippen LogP contribution in [0.4, 0.5) is 0 Å². The Labute approximate surface area is 333 Å². The van der Waals surface area contributed by atoms with Crippen LogP contribution < -0.4 is 276 Å². The van der Waals surface area contributed by atoms with E-state index in [0.29, 0.717) is 0 Å². The molecule has 0 aliphatic carbocycles. The molecule has 0 fully saturated rings. The Morgan fingerprint density at radius 2 is 0.667 bits per heavy atom. The Kier molecular flexibility index (Phi) is 50.4. The first-order valence-electron chi connectivity index (χ1n) is 3.99. The Morgan fingerprint density at radius 3 is 0.704 bits per heavy atom. The van der Waals surface area contributed by atoms with Crippen LogP contribution in [0, 0.1) is 0 Å². The predicted molar refractivity (Wildman–Crippen MR) is 42.6 cm³/mol. The van der Waals surface area contributed by atoms with E-state index in [-0.39, 0.29) is 243 Å². The molecule has 0 saturated heterocycles. The molecule has 0 aromatic rings. The van der Waals surface area contributed by atoms with Crippen molar-refractivity contribution in [2.45, 2.75) is 17.2 Å². The number of rotatable bonds is 5. The van der Waals surface area contributed by atoms with E-state index in [2.05, 4.69) is 0 Å². The third-order valence-electron chi connectivity index (χ3n) is 2.24. The van der Waals surface area contributed by atoms with E-state index in [1.54, 1.807) is 0 Å². The van der Waals surface area contributed by atoms with Gasteiger partial charge in [-0.25, -0.2) is 0 Å². The molecule has 0 spiro atoms. The molecule has 0 aromatic heterocycles. The van der Waals surface area contributed by atoms with Crippen molar-refractivity contribution >= 4 is 30.4 Å². The molecule has 0 amide bonds.